The van der Waals surface area contributed by atoms with Gasteiger partial charge in [-0.25, -0.2) is 19.3 Å². The molecule has 0 unspecified atom stereocenters. The average Bonchev–Trinajstić information content (AvgIpc) is 3.40. The second kappa shape index (κ2) is 10.4. The van der Waals surface area contributed by atoms with Crippen molar-refractivity contribution in [3.63, 3.8) is 0 Å². The van der Waals surface area contributed by atoms with Crippen LogP contribution in [0.2, 0.25) is 0 Å². The third-order valence-electron chi connectivity index (χ3n) is 6.91. The Labute approximate surface area is 219 Å². The minimum absolute atomic E-state index is 0.0222. The van der Waals surface area contributed by atoms with E-state index in [1.807, 2.05) is 48.5 Å². The molecule has 0 aromatic heterocycles. The second-order valence-electron chi connectivity index (χ2n) is 9.29. The zero-order valence-electron chi connectivity index (χ0n) is 20.6. The number of alkyl carbamates (subject to hydrolysis) is 1. The molecule has 1 aliphatic heterocycles. The molecule has 1 aliphatic carbocycles. The molecule has 0 saturated carbocycles. The molecule has 0 radical (unpaired) electrons. The number of carbonyl (C=O) groups is 4. The van der Waals surface area contributed by atoms with Crippen molar-refractivity contribution in [2.45, 2.75) is 37.5 Å². The van der Waals surface area contributed by atoms with Crippen molar-refractivity contribution in [1.82, 2.24) is 10.2 Å². The molecule has 3 aromatic carbocycles. The Morgan fingerprint density at radius 3 is 2.13 bits per heavy atom. The van der Waals surface area contributed by atoms with E-state index in [-0.39, 0.29) is 18.9 Å². The van der Waals surface area contributed by atoms with Crippen LogP contribution in [-0.4, -0.2) is 58.9 Å². The van der Waals surface area contributed by atoms with Crippen molar-refractivity contribution in [1.29, 1.82) is 0 Å². The Kier molecular flexibility index (Phi) is 6.83. The first-order valence-electron chi connectivity index (χ1n) is 12.3. The van der Waals surface area contributed by atoms with Gasteiger partial charge in [0.15, 0.2) is 6.04 Å². The maximum absolute atomic E-state index is 13.4. The van der Waals surface area contributed by atoms with E-state index in [2.05, 4.69) is 5.32 Å². The fourth-order valence-corrected chi connectivity index (χ4v) is 5.14. The largest absolute Gasteiger partial charge is 0.480 e. The predicted molar refractivity (Wildman–Crippen MR) is 136 cm³/mol. The molecule has 3 amide bonds. The lowest BCUT2D eigenvalue weighted by Gasteiger charge is -2.24. The quantitative estimate of drug-likeness (QED) is 0.489. The van der Waals surface area contributed by atoms with Crippen LogP contribution in [0.1, 0.15) is 29.5 Å². The number of cyclic esters (lactones) is 1. The van der Waals surface area contributed by atoms with Crippen LogP contribution in [0.5, 0.6) is 0 Å². The Balaban J connectivity index is 1.34. The number of ether oxygens (including phenoxy) is 2. The van der Waals surface area contributed by atoms with Gasteiger partial charge in [-0.3, -0.25) is 4.79 Å². The monoisotopic (exact) mass is 514 g/mol. The van der Waals surface area contributed by atoms with Crippen molar-refractivity contribution in [3.8, 4) is 11.1 Å². The zero-order chi connectivity index (χ0) is 26.8. The van der Waals surface area contributed by atoms with Gasteiger partial charge in [-0.1, -0.05) is 78.9 Å². The molecular formula is C29H26N2O7. The van der Waals surface area contributed by atoms with Crippen molar-refractivity contribution in [2.24, 2.45) is 0 Å². The molecule has 9 heteroatoms. The number of hydrogen-bond acceptors (Lipinski definition) is 6. The molecule has 2 N–H and O–H groups in total. The first-order valence-corrected chi connectivity index (χ1v) is 12.3. The number of nitrogens with zero attached hydrogens (tertiary/aromatic N) is 1. The fraction of sp³-hybridized carbons (Fsp3) is 0.241. The van der Waals surface area contributed by atoms with E-state index in [0.29, 0.717) is 10.5 Å². The summed E-state index contributed by atoms with van der Waals surface area (Å²) < 4.78 is 10.6. The van der Waals surface area contributed by atoms with Crippen LogP contribution < -0.4 is 5.32 Å². The van der Waals surface area contributed by atoms with Crippen LogP contribution in [0, 0.1) is 0 Å². The van der Waals surface area contributed by atoms with Crippen LogP contribution in [-0.2, 0) is 25.5 Å². The van der Waals surface area contributed by atoms with Crippen molar-refractivity contribution in [3.05, 3.63) is 95.6 Å². The van der Waals surface area contributed by atoms with Crippen LogP contribution in [0.4, 0.5) is 9.59 Å². The molecule has 38 heavy (non-hydrogen) atoms. The van der Waals surface area contributed by atoms with Gasteiger partial charge in [0, 0.05) is 12.3 Å². The molecule has 3 aromatic rings. The smallest absolute Gasteiger partial charge is 0.417 e. The van der Waals surface area contributed by atoms with Gasteiger partial charge in [-0.05, 0) is 34.7 Å². The predicted octanol–water partition coefficient (Wildman–Crippen LogP) is 3.96. The Bertz CT molecular complexity index is 1340. The highest BCUT2D eigenvalue weighted by atomic mass is 16.6. The lowest BCUT2D eigenvalue weighted by atomic mass is 9.98. The Hall–Kier alpha value is -4.66. The number of nitrogens with one attached hydrogen (secondary N) is 1. The minimum Gasteiger partial charge on any atom is -0.480 e. The van der Waals surface area contributed by atoms with E-state index in [4.69, 9.17) is 9.47 Å². The van der Waals surface area contributed by atoms with E-state index >= 15 is 0 Å². The molecule has 1 saturated heterocycles. The number of hydrogen-bond donors (Lipinski definition) is 2. The first kappa shape index (κ1) is 25.0. The number of fused-ring (bicyclic) bond motifs is 3. The van der Waals surface area contributed by atoms with E-state index in [9.17, 15) is 24.3 Å². The maximum atomic E-state index is 13.4. The van der Waals surface area contributed by atoms with Gasteiger partial charge in [-0.2, -0.15) is 0 Å². The highest BCUT2D eigenvalue weighted by Crippen LogP contribution is 2.44. The SMILES string of the molecule is C[C@@H]1OC(=O)N(C(=O)[C@H](Cc2ccccc2)NC(=O)OCC2c3ccccc3-c3ccccc32)[C@H]1C(=O)O. The number of benzene rings is 3. The summed E-state index contributed by atoms with van der Waals surface area (Å²) in [6.07, 6.45) is -2.93. The van der Waals surface area contributed by atoms with Crippen molar-refractivity contribution >= 4 is 24.1 Å². The van der Waals surface area contributed by atoms with Crippen LogP contribution >= 0.6 is 0 Å². The van der Waals surface area contributed by atoms with Crippen LogP contribution in [0.15, 0.2) is 78.9 Å². The van der Waals surface area contributed by atoms with Crippen LogP contribution in [0.25, 0.3) is 11.1 Å². The zero-order valence-corrected chi connectivity index (χ0v) is 20.6. The number of amides is 3. The number of rotatable bonds is 7. The third-order valence-corrected chi connectivity index (χ3v) is 6.91. The van der Waals surface area contributed by atoms with E-state index in [1.165, 1.54) is 6.92 Å². The maximum Gasteiger partial charge on any atom is 0.417 e. The molecular weight excluding hydrogens is 488 g/mol. The molecule has 3 atom stereocenters. The number of carbonyl (C=O) groups excluding carboxylic acids is 3. The van der Waals surface area contributed by atoms with Gasteiger partial charge in [0.2, 0.25) is 0 Å². The summed E-state index contributed by atoms with van der Waals surface area (Å²) in [6.45, 7) is 1.43. The number of carboxylic acid groups (broad SMARTS) is 1. The Morgan fingerprint density at radius 2 is 1.53 bits per heavy atom. The molecule has 0 spiro atoms. The van der Waals surface area contributed by atoms with Crippen molar-refractivity contribution in [2.75, 3.05) is 6.61 Å². The fourth-order valence-electron chi connectivity index (χ4n) is 5.14. The lowest BCUT2D eigenvalue weighted by molar-refractivity contribution is -0.147. The highest BCUT2D eigenvalue weighted by Gasteiger charge is 2.49. The first-order chi connectivity index (χ1) is 18.3. The number of aliphatic carboxylic acids is 1. The molecule has 5 rings (SSSR count). The third kappa shape index (κ3) is 4.70. The summed E-state index contributed by atoms with van der Waals surface area (Å²) in [7, 11) is 0. The van der Waals surface area contributed by atoms with Gasteiger partial charge in [0.25, 0.3) is 5.91 Å². The minimum atomic E-state index is -1.50. The summed E-state index contributed by atoms with van der Waals surface area (Å²) in [5.74, 6) is -2.44. The van der Waals surface area contributed by atoms with E-state index in [0.717, 1.165) is 22.3 Å². The van der Waals surface area contributed by atoms with Crippen LogP contribution in [0.3, 0.4) is 0 Å². The summed E-state index contributed by atoms with van der Waals surface area (Å²) in [6, 6.07) is 21.9. The topological polar surface area (TPSA) is 122 Å². The summed E-state index contributed by atoms with van der Waals surface area (Å²) in [5.41, 5.74) is 4.94. The molecule has 0 bridgehead atoms. The lowest BCUT2D eigenvalue weighted by Crippen LogP contribution is -2.55. The molecule has 194 valence electrons. The Morgan fingerprint density at radius 1 is 0.947 bits per heavy atom. The molecule has 2 aliphatic rings. The average molecular weight is 515 g/mol. The standard InChI is InChI=1S/C29H26N2O7/c1-17-25(27(33)34)31(29(36)38-17)26(32)24(15-18-9-3-2-4-10-18)30-28(35)37-16-23-21-13-7-5-11-19(21)20-12-6-8-14-22(20)23/h2-14,17,23-25H,15-16H2,1H3,(H,30,35)(H,33,34)/t17-,24-,25+/m0/s1. The molecule has 9 nitrogen and oxygen atoms in total. The van der Waals surface area contributed by atoms with Gasteiger partial charge < -0.3 is 19.9 Å². The number of carboxylic acids is 1. The van der Waals surface area contributed by atoms with Gasteiger partial charge in [0.05, 0.1) is 0 Å². The van der Waals surface area contributed by atoms with E-state index in [1.54, 1.807) is 30.3 Å². The van der Waals surface area contributed by atoms with Gasteiger partial charge in [-0.15, -0.1) is 0 Å². The highest BCUT2D eigenvalue weighted by molar-refractivity contribution is 6.01. The van der Waals surface area contributed by atoms with Gasteiger partial charge >= 0.3 is 18.2 Å². The molecule has 1 fully saturated rings. The number of imide groups is 1. The summed E-state index contributed by atoms with van der Waals surface area (Å²) >= 11 is 0. The summed E-state index contributed by atoms with van der Waals surface area (Å²) in [4.78, 5) is 51.1. The van der Waals surface area contributed by atoms with E-state index < -0.39 is 42.3 Å². The molecule has 1 heterocycles. The summed E-state index contributed by atoms with van der Waals surface area (Å²) in [5, 5.41) is 12.2. The second-order valence-corrected chi connectivity index (χ2v) is 9.29. The van der Waals surface area contributed by atoms with Gasteiger partial charge in [0.1, 0.15) is 18.8 Å². The van der Waals surface area contributed by atoms with Crippen molar-refractivity contribution < 1.29 is 33.8 Å². The normalized spacial score (nSPS) is 18.8.